The van der Waals surface area contributed by atoms with Crippen LogP contribution in [0.1, 0.15) is 30.0 Å². The van der Waals surface area contributed by atoms with Gasteiger partial charge in [0, 0.05) is 26.2 Å². The van der Waals surface area contributed by atoms with Gasteiger partial charge in [-0.05, 0) is 37.8 Å². The van der Waals surface area contributed by atoms with Crippen molar-refractivity contribution in [1.82, 2.24) is 4.90 Å². The van der Waals surface area contributed by atoms with Crippen LogP contribution in [-0.2, 0) is 4.74 Å². The molecular formula is C16H26N2O. The van der Waals surface area contributed by atoms with Crippen molar-refractivity contribution in [2.75, 3.05) is 33.4 Å². The average Bonchev–Trinajstić information content (AvgIpc) is 2.41. The first-order valence-electron chi connectivity index (χ1n) is 7.24. The zero-order chi connectivity index (χ0) is 13.7. The van der Waals surface area contributed by atoms with Crippen molar-refractivity contribution in [2.24, 2.45) is 11.7 Å². The largest absolute Gasteiger partial charge is 0.384 e. The summed E-state index contributed by atoms with van der Waals surface area (Å²) in [7, 11) is 1.79. The van der Waals surface area contributed by atoms with E-state index < -0.39 is 0 Å². The third-order valence-electron chi connectivity index (χ3n) is 4.04. The van der Waals surface area contributed by atoms with Crippen LogP contribution in [0.3, 0.4) is 0 Å². The first-order valence-corrected chi connectivity index (χ1v) is 7.24. The number of ether oxygens (including phenoxy) is 1. The molecule has 0 spiro atoms. The SMILES string of the molecule is COCC1CCCN(C(CN)c2cccc(C)c2)C1. The molecule has 1 heterocycles. The van der Waals surface area contributed by atoms with E-state index in [4.69, 9.17) is 10.5 Å². The Balaban J connectivity index is 2.08. The highest BCUT2D eigenvalue weighted by Gasteiger charge is 2.26. The van der Waals surface area contributed by atoms with Gasteiger partial charge in [-0.25, -0.2) is 0 Å². The number of nitrogens with zero attached hydrogens (tertiary/aromatic N) is 1. The van der Waals surface area contributed by atoms with Gasteiger partial charge in [0.15, 0.2) is 0 Å². The number of hydrogen-bond donors (Lipinski definition) is 1. The van der Waals surface area contributed by atoms with E-state index in [1.165, 1.54) is 24.0 Å². The summed E-state index contributed by atoms with van der Waals surface area (Å²) >= 11 is 0. The van der Waals surface area contributed by atoms with Crippen molar-refractivity contribution in [3.8, 4) is 0 Å². The van der Waals surface area contributed by atoms with Gasteiger partial charge in [-0.1, -0.05) is 29.8 Å². The quantitative estimate of drug-likeness (QED) is 0.885. The van der Waals surface area contributed by atoms with Crippen LogP contribution >= 0.6 is 0 Å². The van der Waals surface area contributed by atoms with E-state index in [-0.39, 0.29) is 0 Å². The molecular weight excluding hydrogens is 236 g/mol. The van der Waals surface area contributed by atoms with Gasteiger partial charge >= 0.3 is 0 Å². The normalized spacial score (nSPS) is 22.4. The second-order valence-corrected chi connectivity index (χ2v) is 5.62. The Labute approximate surface area is 116 Å². The number of likely N-dealkylation sites (tertiary alicyclic amines) is 1. The number of methoxy groups -OCH3 is 1. The average molecular weight is 262 g/mol. The molecule has 0 radical (unpaired) electrons. The Morgan fingerprint density at radius 3 is 3.00 bits per heavy atom. The molecule has 106 valence electrons. The highest BCUT2D eigenvalue weighted by atomic mass is 16.5. The number of rotatable bonds is 5. The first kappa shape index (κ1) is 14.5. The molecule has 19 heavy (non-hydrogen) atoms. The third kappa shape index (κ3) is 3.78. The van der Waals surface area contributed by atoms with Crippen LogP contribution in [0, 0.1) is 12.8 Å². The fraction of sp³-hybridized carbons (Fsp3) is 0.625. The highest BCUT2D eigenvalue weighted by Crippen LogP contribution is 2.26. The van der Waals surface area contributed by atoms with Crippen LogP contribution in [0.2, 0.25) is 0 Å². The van der Waals surface area contributed by atoms with Gasteiger partial charge < -0.3 is 10.5 Å². The van der Waals surface area contributed by atoms with Crippen molar-refractivity contribution in [3.63, 3.8) is 0 Å². The molecule has 2 atom stereocenters. The lowest BCUT2D eigenvalue weighted by Gasteiger charge is -2.38. The first-order chi connectivity index (χ1) is 9.24. The minimum atomic E-state index is 0.347. The zero-order valence-electron chi connectivity index (χ0n) is 12.1. The van der Waals surface area contributed by atoms with E-state index in [1.54, 1.807) is 7.11 Å². The molecule has 2 unspecified atom stereocenters. The maximum absolute atomic E-state index is 6.03. The second-order valence-electron chi connectivity index (χ2n) is 5.62. The van der Waals surface area contributed by atoms with Gasteiger partial charge in [-0.2, -0.15) is 0 Å². The minimum absolute atomic E-state index is 0.347. The van der Waals surface area contributed by atoms with Crippen molar-refractivity contribution in [3.05, 3.63) is 35.4 Å². The van der Waals surface area contributed by atoms with E-state index in [9.17, 15) is 0 Å². The summed E-state index contributed by atoms with van der Waals surface area (Å²) in [5.41, 5.74) is 8.69. The van der Waals surface area contributed by atoms with Crippen molar-refractivity contribution in [1.29, 1.82) is 0 Å². The Morgan fingerprint density at radius 2 is 2.32 bits per heavy atom. The van der Waals surface area contributed by atoms with E-state index in [2.05, 4.69) is 36.1 Å². The van der Waals surface area contributed by atoms with Crippen LogP contribution in [0.25, 0.3) is 0 Å². The number of nitrogens with two attached hydrogens (primary N) is 1. The molecule has 0 aliphatic carbocycles. The molecule has 1 saturated heterocycles. The molecule has 2 rings (SSSR count). The Morgan fingerprint density at radius 1 is 1.47 bits per heavy atom. The monoisotopic (exact) mass is 262 g/mol. The molecule has 0 saturated carbocycles. The molecule has 1 aromatic rings. The van der Waals surface area contributed by atoms with Gasteiger partial charge in [-0.15, -0.1) is 0 Å². The third-order valence-corrected chi connectivity index (χ3v) is 4.04. The number of aryl methyl sites for hydroxylation is 1. The molecule has 3 heteroatoms. The lowest BCUT2D eigenvalue weighted by atomic mass is 9.95. The number of piperidine rings is 1. The van der Waals surface area contributed by atoms with Crippen LogP contribution in [0.4, 0.5) is 0 Å². The molecule has 1 fully saturated rings. The minimum Gasteiger partial charge on any atom is -0.384 e. The zero-order valence-corrected chi connectivity index (χ0v) is 12.1. The summed E-state index contributed by atoms with van der Waals surface area (Å²) in [5, 5.41) is 0. The van der Waals surface area contributed by atoms with E-state index in [0.29, 0.717) is 18.5 Å². The molecule has 1 aliphatic rings. The topological polar surface area (TPSA) is 38.5 Å². The van der Waals surface area contributed by atoms with Crippen molar-refractivity contribution >= 4 is 0 Å². The Hall–Kier alpha value is -0.900. The van der Waals surface area contributed by atoms with Gasteiger partial charge in [0.2, 0.25) is 0 Å². The molecule has 0 amide bonds. The van der Waals surface area contributed by atoms with Gasteiger partial charge in [0.1, 0.15) is 0 Å². The van der Waals surface area contributed by atoms with E-state index in [1.807, 2.05) is 0 Å². The van der Waals surface area contributed by atoms with Crippen molar-refractivity contribution < 1.29 is 4.74 Å². The highest BCUT2D eigenvalue weighted by molar-refractivity contribution is 5.25. The lowest BCUT2D eigenvalue weighted by Crippen LogP contribution is -2.42. The standard InChI is InChI=1S/C16H26N2O/c1-13-5-3-7-15(9-13)16(10-17)18-8-4-6-14(11-18)12-19-2/h3,5,7,9,14,16H,4,6,8,10-12,17H2,1-2H3. The van der Waals surface area contributed by atoms with Crippen LogP contribution < -0.4 is 5.73 Å². The molecule has 2 N–H and O–H groups in total. The van der Waals surface area contributed by atoms with Crippen LogP contribution in [0.5, 0.6) is 0 Å². The molecule has 0 aromatic heterocycles. The Kier molecular flexibility index (Phi) is 5.37. The smallest absolute Gasteiger partial charge is 0.0502 e. The summed E-state index contributed by atoms with van der Waals surface area (Å²) in [6, 6.07) is 9.08. The predicted octanol–water partition coefficient (Wildman–Crippen LogP) is 2.35. The second kappa shape index (κ2) is 7.04. The fourth-order valence-corrected chi connectivity index (χ4v) is 3.13. The van der Waals surface area contributed by atoms with Crippen LogP contribution in [-0.4, -0.2) is 38.3 Å². The molecule has 1 aliphatic heterocycles. The van der Waals surface area contributed by atoms with Gasteiger partial charge in [0.05, 0.1) is 6.61 Å². The summed E-state index contributed by atoms with van der Waals surface area (Å²) in [4.78, 5) is 2.53. The number of benzene rings is 1. The maximum atomic E-state index is 6.03. The molecule has 1 aromatic carbocycles. The van der Waals surface area contributed by atoms with E-state index in [0.717, 1.165) is 19.7 Å². The number of hydrogen-bond acceptors (Lipinski definition) is 3. The van der Waals surface area contributed by atoms with E-state index >= 15 is 0 Å². The fourth-order valence-electron chi connectivity index (χ4n) is 3.13. The summed E-state index contributed by atoms with van der Waals surface area (Å²) < 4.78 is 5.31. The van der Waals surface area contributed by atoms with Gasteiger partial charge in [-0.3, -0.25) is 4.90 Å². The predicted molar refractivity (Wildman–Crippen MR) is 79.1 cm³/mol. The lowest BCUT2D eigenvalue weighted by molar-refractivity contribution is 0.0697. The summed E-state index contributed by atoms with van der Waals surface area (Å²) in [6.07, 6.45) is 2.52. The van der Waals surface area contributed by atoms with Crippen LogP contribution in [0.15, 0.2) is 24.3 Å². The Bertz CT molecular complexity index is 392. The van der Waals surface area contributed by atoms with Gasteiger partial charge in [0.25, 0.3) is 0 Å². The molecule has 0 bridgehead atoms. The maximum Gasteiger partial charge on any atom is 0.0502 e. The summed E-state index contributed by atoms with van der Waals surface area (Å²) in [6.45, 7) is 5.94. The van der Waals surface area contributed by atoms with Crippen molar-refractivity contribution in [2.45, 2.75) is 25.8 Å². The summed E-state index contributed by atoms with van der Waals surface area (Å²) in [5.74, 6) is 0.651. The molecule has 3 nitrogen and oxygen atoms in total.